The lowest BCUT2D eigenvalue weighted by Gasteiger charge is -2.26. The molecule has 0 aliphatic carbocycles. The number of benzene rings is 1. The third kappa shape index (κ3) is 3.97. The third-order valence-corrected chi connectivity index (χ3v) is 4.37. The summed E-state index contributed by atoms with van der Waals surface area (Å²) >= 11 is 0. The molecule has 3 aromatic rings. The molecule has 1 saturated heterocycles. The average molecular weight is 338 g/mol. The van der Waals surface area contributed by atoms with Crippen molar-refractivity contribution in [3.8, 4) is 11.5 Å². The van der Waals surface area contributed by atoms with Crippen molar-refractivity contribution in [2.24, 2.45) is 0 Å². The van der Waals surface area contributed by atoms with E-state index in [-0.39, 0.29) is 0 Å². The van der Waals surface area contributed by atoms with Gasteiger partial charge in [-0.2, -0.15) is 0 Å². The summed E-state index contributed by atoms with van der Waals surface area (Å²) in [4.78, 5) is 11.3. The fraction of sp³-hybridized carbons (Fsp3) is 0.368. The van der Waals surface area contributed by atoms with Crippen LogP contribution in [0.1, 0.15) is 6.42 Å². The van der Waals surface area contributed by atoms with Crippen molar-refractivity contribution in [3.63, 3.8) is 0 Å². The number of morpholine rings is 1. The molecule has 3 heterocycles. The topological polar surface area (TPSA) is 63.4 Å². The lowest BCUT2D eigenvalue weighted by Crippen LogP contribution is -2.37. The number of rotatable bonds is 6. The molecule has 1 N–H and O–H groups in total. The molecule has 0 bridgehead atoms. The first-order valence-corrected chi connectivity index (χ1v) is 8.73. The van der Waals surface area contributed by atoms with Gasteiger partial charge in [-0.15, -0.1) is 0 Å². The van der Waals surface area contributed by atoms with E-state index in [0.29, 0.717) is 0 Å². The van der Waals surface area contributed by atoms with Gasteiger partial charge in [-0.25, -0.2) is 4.98 Å². The van der Waals surface area contributed by atoms with E-state index in [9.17, 15) is 0 Å². The maximum absolute atomic E-state index is 5.87. The SMILES string of the molecule is c1ccc2oc(-c3cncc(NCCCN4CCOCC4)n3)cc2c1. The van der Waals surface area contributed by atoms with Crippen molar-refractivity contribution >= 4 is 16.8 Å². The van der Waals surface area contributed by atoms with Crippen LogP contribution < -0.4 is 5.32 Å². The van der Waals surface area contributed by atoms with Gasteiger partial charge in [-0.05, 0) is 25.1 Å². The highest BCUT2D eigenvalue weighted by molar-refractivity contribution is 5.82. The first-order valence-electron chi connectivity index (χ1n) is 8.73. The average Bonchev–Trinajstić information content (AvgIpc) is 3.11. The zero-order valence-corrected chi connectivity index (χ0v) is 14.1. The predicted molar refractivity (Wildman–Crippen MR) is 97.6 cm³/mol. The van der Waals surface area contributed by atoms with Gasteiger partial charge < -0.3 is 14.5 Å². The largest absolute Gasteiger partial charge is 0.454 e. The van der Waals surface area contributed by atoms with Gasteiger partial charge >= 0.3 is 0 Å². The van der Waals surface area contributed by atoms with Crippen LogP contribution in [0.2, 0.25) is 0 Å². The zero-order valence-electron chi connectivity index (χ0n) is 14.1. The summed E-state index contributed by atoms with van der Waals surface area (Å²) in [6, 6.07) is 9.96. The number of fused-ring (bicyclic) bond motifs is 1. The van der Waals surface area contributed by atoms with Crippen molar-refractivity contribution in [2.75, 3.05) is 44.7 Å². The van der Waals surface area contributed by atoms with Gasteiger partial charge in [0.25, 0.3) is 0 Å². The van der Waals surface area contributed by atoms with E-state index < -0.39 is 0 Å². The Morgan fingerprint density at radius 1 is 1.12 bits per heavy atom. The molecule has 0 amide bonds. The minimum Gasteiger partial charge on any atom is -0.454 e. The van der Waals surface area contributed by atoms with Crippen LogP contribution in [-0.2, 0) is 4.74 Å². The van der Waals surface area contributed by atoms with Gasteiger partial charge in [0.1, 0.15) is 17.1 Å². The normalized spacial score (nSPS) is 15.5. The molecule has 0 spiro atoms. The summed E-state index contributed by atoms with van der Waals surface area (Å²) in [7, 11) is 0. The van der Waals surface area contributed by atoms with Crippen LogP contribution in [-0.4, -0.2) is 54.3 Å². The summed E-state index contributed by atoms with van der Waals surface area (Å²) in [5.74, 6) is 1.52. The number of hydrogen-bond donors (Lipinski definition) is 1. The van der Waals surface area contributed by atoms with E-state index in [1.165, 1.54) is 0 Å². The van der Waals surface area contributed by atoms with Crippen LogP contribution in [0, 0.1) is 0 Å². The molecule has 0 atom stereocenters. The number of nitrogens with one attached hydrogen (secondary N) is 1. The molecule has 2 aromatic heterocycles. The number of furan rings is 1. The van der Waals surface area contributed by atoms with Crippen LogP contribution in [0.5, 0.6) is 0 Å². The molecule has 1 aromatic carbocycles. The molecule has 4 rings (SSSR count). The van der Waals surface area contributed by atoms with E-state index >= 15 is 0 Å². The minimum atomic E-state index is 0.741. The molecule has 6 nitrogen and oxygen atoms in total. The molecule has 6 heteroatoms. The summed E-state index contributed by atoms with van der Waals surface area (Å²) in [6.45, 7) is 5.70. The minimum absolute atomic E-state index is 0.741. The van der Waals surface area contributed by atoms with E-state index in [2.05, 4.69) is 20.2 Å². The Morgan fingerprint density at radius 3 is 2.88 bits per heavy atom. The van der Waals surface area contributed by atoms with Gasteiger partial charge in [0, 0.05) is 25.0 Å². The molecule has 130 valence electrons. The van der Waals surface area contributed by atoms with E-state index in [0.717, 1.165) is 74.1 Å². The van der Waals surface area contributed by atoms with E-state index in [1.807, 2.05) is 30.3 Å². The Hall–Kier alpha value is -2.44. The molecule has 0 radical (unpaired) electrons. The molecule has 1 aliphatic heterocycles. The van der Waals surface area contributed by atoms with Crippen molar-refractivity contribution < 1.29 is 9.15 Å². The molecule has 0 unspecified atom stereocenters. The summed E-state index contributed by atoms with van der Waals surface area (Å²) < 4.78 is 11.2. The van der Waals surface area contributed by atoms with Crippen molar-refractivity contribution in [1.82, 2.24) is 14.9 Å². The second kappa shape index (κ2) is 7.63. The summed E-state index contributed by atoms with van der Waals surface area (Å²) in [5.41, 5.74) is 1.61. The standard InChI is InChI=1S/C19H22N4O2/c1-2-5-17-15(4-1)12-18(25-17)16-13-20-14-19(22-16)21-6-3-7-23-8-10-24-11-9-23/h1-2,4-5,12-14H,3,6-11H2,(H,21,22). The first-order chi connectivity index (χ1) is 12.4. The van der Waals surface area contributed by atoms with Gasteiger partial charge in [0.2, 0.25) is 0 Å². The monoisotopic (exact) mass is 338 g/mol. The van der Waals surface area contributed by atoms with Crippen molar-refractivity contribution in [1.29, 1.82) is 0 Å². The molecular weight excluding hydrogens is 316 g/mol. The Labute approximate surface area is 146 Å². The Morgan fingerprint density at radius 2 is 2.00 bits per heavy atom. The lowest BCUT2D eigenvalue weighted by atomic mass is 10.2. The summed E-state index contributed by atoms with van der Waals surface area (Å²) in [5, 5.41) is 4.43. The highest BCUT2D eigenvalue weighted by Gasteiger charge is 2.10. The number of aromatic nitrogens is 2. The maximum Gasteiger partial charge on any atom is 0.155 e. The molecule has 25 heavy (non-hydrogen) atoms. The molecule has 1 fully saturated rings. The van der Waals surface area contributed by atoms with Crippen LogP contribution in [0.25, 0.3) is 22.4 Å². The van der Waals surface area contributed by atoms with Crippen LogP contribution in [0.4, 0.5) is 5.82 Å². The predicted octanol–water partition coefficient (Wildman–Crippen LogP) is 3.02. The Bertz CT molecular complexity index is 794. The second-order valence-electron chi connectivity index (χ2n) is 6.17. The van der Waals surface area contributed by atoms with Gasteiger partial charge in [0.05, 0.1) is 25.6 Å². The Balaban J connectivity index is 1.36. The third-order valence-electron chi connectivity index (χ3n) is 4.37. The number of nitrogens with zero attached hydrogens (tertiary/aromatic N) is 3. The maximum atomic E-state index is 5.87. The van der Waals surface area contributed by atoms with Gasteiger partial charge in [-0.3, -0.25) is 9.88 Å². The molecular formula is C19H22N4O2. The fourth-order valence-corrected chi connectivity index (χ4v) is 3.02. The number of anilines is 1. The highest BCUT2D eigenvalue weighted by atomic mass is 16.5. The smallest absolute Gasteiger partial charge is 0.155 e. The highest BCUT2D eigenvalue weighted by Crippen LogP contribution is 2.26. The van der Waals surface area contributed by atoms with Crippen LogP contribution in [0.15, 0.2) is 47.1 Å². The summed E-state index contributed by atoms with van der Waals surface area (Å²) in [6.07, 6.45) is 4.55. The number of para-hydroxylation sites is 1. The van der Waals surface area contributed by atoms with Crippen LogP contribution in [0.3, 0.4) is 0 Å². The number of hydrogen-bond acceptors (Lipinski definition) is 6. The lowest BCUT2D eigenvalue weighted by molar-refractivity contribution is 0.0378. The second-order valence-corrected chi connectivity index (χ2v) is 6.17. The number of ether oxygens (including phenoxy) is 1. The zero-order chi connectivity index (χ0) is 16.9. The first kappa shape index (κ1) is 16.1. The van der Waals surface area contributed by atoms with Crippen molar-refractivity contribution in [2.45, 2.75) is 6.42 Å². The van der Waals surface area contributed by atoms with Crippen LogP contribution >= 0.6 is 0 Å². The van der Waals surface area contributed by atoms with E-state index in [1.54, 1.807) is 12.4 Å². The molecule has 1 aliphatic rings. The Kier molecular flexibility index (Phi) is 4.90. The van der Waals surface area contributed by atoms with E-state index in [4.69, 9.17) is 9.15 Å². The quantitative estimate of drug-likeness (QED) is 0.697. The fourth-order valence-electron chi connectivity index (χ4n) is 3.02. The molecule has 0 saturated carbocycles. The van der Waals surface area contributed by atoms with Crippen molar-refractivity contribution in [3.05, 3.63) is 42.7 Å². The van der Waals surface area contributed by atoms with Gasteiger partial charge in [-0.1, -0.05) is 18.2 Å². The van der Waals surface area contributed by atoms with Gasteiger partial charge in [0.15, 0.2) is 5.76 Å².